The Balaban J connectivity index is 2.22. The lowest BCUT2D eigenvalue weighted by Crippen LogP contribution is -2.25. The molecule has 1 aliphatic heterocycles. The van der Waals surface area contributed by atoms with Crippen molar-refractivity contribution in [3.63, 3.8) is 0 Å². The molecule has 0 bridgehead atoms. The minimum Gasteiger partial charge on any atom is -0.254 e. The van der Waals surface area contributed by atoms with Crippen LogP contribution in [-0.4, -0.2) is 36.7 Å². The molecule has 0 radical (unpaired) electrons. The van der Waals surface area contributed by atoms with Crippen molar-refractivity contribution in [3.8, 4) is 0 Å². The van der Waals surface area contributed by atoms with Gasteiger partial charge in [-0.3, -0.25) is 5.43 Å². The summed E-state index contributed by atoms with van der Waals surface area (Å²) < 4.78 is 0. The van der Waals surface area contributed by atoms with Crippen LogP contribution in [-0.2, 0) is 0 Å². The van der Waals surface area contributed by atoms with E-state index in [1.807, 2.05) is 11.8 Å². The minimum absolute atomic E-state index is 0.806. The average Bonchev–Trinajstić information content (AvgIpc) is 2.14. The Morgan fingerprint density at radius 1 is 1.75 bits per heavy atom. The van der Waals surface area contributed by atoms with Crippen molar-refractivity contribution in [1.29, 1.82) is 0 Å². The summed E-state index contributed by atoms with van der Waals surface area (Å²) in [5.41, 5.74) is 3.23. The third kappa shape index (κ3) is 1.37. The maximum atomic E-state index is 3.23. The number of hydrogen-bond donors (Lipinski definition) is 1. The summed E-state index contributed by atoms with van der Waals surface area (Å²) in [5.74, 6) is 0. The Morgan fingerprint density at radius 3 is 2.75 bits per heavy atom. The molecule has 0 aromatic rings. The SMILES string of the molecule is CSC1CNN(C)C1. The second-order valence-corrected chi connectivity index (χ2v) is 3.24. The molecular weight excluding hydrogens is 120 g/mol. The van der Waals surface area contributed by atoms with Gasteiger partial charge in [0.25, 0.3) is 0 Å². The summed E-state index contributed by atoms with van der Waals surface area (Å²) in [5, 5.41) is 2.95. The van der Waals surface area contributed by atoms with Gasteiger partial charge in [0.2, 0.25) is 0 Å². The van der Waals surface area contributed by atoms with Crippen LogP contribution in [0, 0.1) is 0 Å². The standard InChI is InChI=1S/C5H12N2S/c1-7-4-5(8-2)3-6-7/h5-6H,3-4H2,1-2H3. The zero-order valence-electron chi connectivity index (χ0n) is 5.35. The Kier molecular flexibility index (Phi) is 2.16. The predicted molar refractivity (Wildman–Crippen MR) is 37.9 cm³/mol. The van der Waals surface area contributed by atoms with E-state index in [9.17, 15) is 0 Å². The Morgan fingerprint density at radius 2 is 2.50 bits per heavy atom. The van der Waals surface area contributed by atoms with Crippen LogP contribution in [0.3, 0.4) is 0 Å². The number of rotatable bonds is 1. The largest absolute Gasteiger partial charge is 0.254 e. The van der Waals surface area contributed by atoms with Crippen molar-refractivity contribution in [2.24, 2.45) is 0 Å². The highest BCUT2D eigenvalue weighted by atomic mass is 32.2. The van der Waals surface area contributed by atoms with Crippen LogP contribution in [0.1, 0.15) is 0 Å². The van der Waals surface area contributed by atoms with E-state index in [2.05, 4.69) is 23.7 Å². The molecule has 0 aromatic carbocycles. The molecule has 1 aliphatic rings. The monoisotopic (exact) mass is 132 g/mol. The first-order valence-electron chi connectivity index (χ1n) is 2.80. The summed E-state index contributed by atoms with van der Waals surface area (Å²) in [6.45, 7) is 2.32. The van der Waals surface area contributed by atoms with Crippen LogP contribution in [0.4, 0.5) is 0 Å². The van der Waals surface area contributed by atoms with Crippen molar-refractivity contribution in [1.82, 2.24) is 10.4 Å². The van der Waals surface area contributed by atoms with Crippen molar-refractivity contribution in [3.05, 3.63) is 0 Å². The van der Waals surface area contributed by atoms with E-state index in [0.29, 0.717) is 0 Å². The molecule has 1 unspecified atom stereocenters. The fraction of sp³-hybridized carbons (Fsp3) is 1.00. The van der Waals surface area contributed by atoms with E-state index in [-0.39, 0.29) is 0 Å². The Hall–Kier alpha value is 0.270. The lowest BCUT2D eigenvalue weighted by molar-refractivity contribution is 0.316. The molecular formula is C5H12N2S. The molecule has 3 heteroatoms. The molecule has 8 heavy (non-hydrogen) atoms. The number of hydrogen-bond acceptors (Lipinski definition) is 3. The maximum absolute atomic E-state index is 3.23. The number of nitrogens with one attached hydrogen (secondary N) is 1. The van der Waals surface area contributed by atoms with Gasteiger partial charge in [0.05, 0.1) is 0 Å². The van der Waals surface area contributed by atoms with E-state index in [0.717, 1.165) is 11.8 Å². The number of nitrogens with zero attached hydrogens (tertiary/aromatic N) is 1. The highest BCUT2D eigenvalue weighted by Crippen LogP contribution is 2.09. The van der Waals surface area contributed by atoms with Gasteiger partial charge in [0.1, 0.15) is 0 Å². The lowest BCUT2D eigenvalue weighted by Gasteiger charge is -2.04. The van der Waals surface area contributed by atoms with Crippen LogP contribution in [0.15, 0.2) is 0 Å². The van der Waals surface area contributed by atoms with Crippen molar-refractivity contribution >= 4 is 11.8 Å². The van der Waals surface area contributed by atoms with E-state index in [1.54, 1.807) is 0 Å². The van der Waals surface area contributed by atoms with Gasteiger partial charge in [-0.1, -0.05) is 0 Å². The second kappa shape index (κ2) is 2.71. The molecule has 0 spiro atoms. The maximum Gasteiger partial charge on any atom is 0.0324 e. The molecule has 0 aromatic heterocycles. The summed E-state index contributed by atoms with van der Waals surface area (Å²) in [7, 11) is 2.08. The third-order valence-corrected chi connectivity index (χ3v) is 2.38. The van der Waals surface area contributed by atoms with Crippen LogP contribution in [0.5, 0.6) is 0 Å². The lowest BCUT2D eigenvalue weighted by atomic mass is 10.5. The first-order valence-corrected chi connectivity index (χ1v) is 4.09. The highest BCUT2D eigenvalue weighted by molar-refractivity contribution is 7.99. The van der Waals surface area contributed by atoms with Crippen molar-refractivity contribution in [2.45, 2.75) is 5.25 Å². The molecule has 1 rings (SSSR count). The summed E-state index contributed by atoms with van der Waals surface area (Å²) in [6.07, 6.45) is 2.16. The third-order valence-electron chi connectivity index (χ3n) is 1.40. The van der Waals surface area contributed by atoms with Crippen LogP contribution < -0.4 is 5.43 Å². The molecule has 1 heterocycles. The van der Waals surface area contributed by atoms with Crippen molar-refractivity contribution < 1.29 is 0 Å². The van der Waals surface area contributed by atoms with Gasteiger partial charge in [-0.05, 0) is 6.26 Å². The summed E-state index contributed by atoms with van der Waals surface area (Å²) >= 11 is 1.93. The van der Waals surface area contributed by atoms with E-state index >= 15 is 0 Å². The number of hydrazine groups is 1. The zero-order valence-corrected chi connectivity index (χ0v) is 6.16. The van der Waals surface area contributed by atoms with E-state index in [4.69, 9.17) is 0 Å². The van der Waals surface area contributed by atoms with Gasteiger partial charge in [-0.15, -0.1) is 0 Å². The van der Waals surface area contributed by atoms with Crippen LogP contribution in [0.2, 0.25) is 0 Å². The van der Waals surface area contributed by atoms with Gasteiger partial charge >= 0.3 is 0 Å². The van der Waals surface area contributed by atoms with Crippen LogP contribution in [0.25, 0.3) is 0 Å². The fourth-order valence-corrected chi connectivity index (χ4v) is 1.46. The summed E-state index contributed by atoms with van der Waals surface area (Å²) in [4.78, 5) is 0. The van der Waals surface area contributed by atoms with E-state index < -0.39 is 0 Å². The van der Waals surface area contributed by atoms with Crippen molar-refractivity contribution in [2.75, 3.05) is 26.4 Å². The zero-order chi connectivity index (χ0) is 5.98. The molecule has 0 saturated carbocycles. The van der Waals surface area contributed by atoms with Crippen LogP contribution >= 0.6 is 11.8 Å². The first kappa shape index (κ1) is 6.39. The molecule has 48 valence electrons. The van der Waals surface area contributed by atoms with Gasteiger partial charge in [-0.25, -0.2) is 5.01 Å². The topological polar surface area (TPSA) is 15.3 Å². The quantitative estimate of drug-likeness (QED) is 0.547. The molecule has 0 amide bonds. The molecule has 1 fully saturated rings. The van der Waals surface area contributed by atoms with Gasteiger partial charge in [0, 0.05) is 25.4 Å². The highest BCUT2D eigenvalue weighted by Gasteiger charge is 2.16. The molecule has 1 atom stereocenters. The first-order chi connectivity index (χ1) is 3.83. The molecule has 1 saturated heterocycles. The smallest absolute Gasteiger partial charge is 0.0324 e. The molecule has 1 N–H and O–H groups in total. The Labute approximate surface area is 54.6 Å². The molecule has 0 aliphatic carbocycles. The minimum atomic E-state index is 0.806. The normalized spacial score (nSPS) is 31.5. The summed E-state index contributed by atoms with van der Waals surface area (Å²) in [6, 6.07) is 0. The fourth-order valence-electron chi connectivity index (χ4n) is 0.850. The van der Waals surface area contributed by atoms with Gasteiger partial charge in [0.15, 0.2) is 0 Å². The van der Waals surface area contributed by atoms with Gasteiger partial charge < -0.3 is 0 Å². The Bertz CT molecular complexity index is 76.8. The number of thioether (sulfide) groups is 1. The van der Waals surface area contributed by atoms with Gasteiger partial charge in [-0.2, -0.15) is 11.8 Å². The van der Waals surface area contributed by atoms with E-state index in [1.165, 1.54) is 6.54 Å². The average molecular weight is 132 g/mol. The molecule has 2 nitrogen and oxygen atoms in total. The second-order valence-electron chi connectivity index (χ2n) is 2.10. The predicted octanol–water partition coefficient (Wildman–Crippen LogP) is 0.168.